The summed E-state index contributed by atoms with van der Waals surface area (Å²) in [6, 6.07) is 34.5. The molecule has 9 rings (SSSR count). The SMILES string of the molecule is C1=Cc2nc1cc1ccc([nH]1)c(-c1ccc(-c3ccsc3)cc1)c1nc(cc3ccc([nH]3)c2-c2cccc(-c3ccsc3)c2)C=C1. The third-order valence-corrected chi connectivity index (χ3v) is 9.80. The Labute approximate surface area is 273 Å². The zero-order valence-electron chi connectivity index (χ0n) is 24.6. The molecule has 2 aliphatic rings. The maximum absolute atomic E-state index is 5.12. The molecule has 5 aromatic heterocycles. The van der Waals surface area contributed by atoms with Crippen molar-refractivity contribution >= 4 is 69.0 Å². The van der Waals surface area contributed by atoms with Crippen LogP contribution in [0.4, 0.5) is 0 Å². The number of rotatable bonds is 4. The van der Waals surface area contributed by atoms with Crippen molar-refractivity contribution in [3.63, 3.8) is 0 Å². The van der Waals surface area contributed by atoms with Gasteiger partial charge in [-0.3, -0.25) is 0 Å². The summed E-state index contributed by atoms with van der Waals surface area (Å²) in [6.07, 6.45) is 8.40. The van der Waals surface area contributed by atoms with Crippen LogP contribution in [-0.2, 0) is 0 Å². The van der Waals surface area contributed by atoms with E-state index in [1.54, 1.807) is 22.7 Å². The van der Waals surface area contributed by atoms with Gasteiger partial charge in [0.15, 0.2) is 0 Å². The Bertz CT molecular complexity index is 2460. The van der Waals surface area contributed by atoms with Gasteiger partial charge in [0.05, 0.1) is 22.8 Å². The normalized spacial score (nSPS) is 12.2. The molecule has 0 fully saturated rings. The average Bonchev–Trinajstić information content (AvgIpc) is 3.92. The third kappa shape index (κ3) is 4.94. The highest BCUT2D eigenvalue weighted by molar-refractivity contribution is 7.08. The van der Waals surface area contributed by atoms with Gasteiger partial charge in [-0.05, 0) is 134 Å². The molecule has 8 bridgehead atoms. The summed E-state index contributed by atoms with van der Waals surface area (Å²) in [5.74, 6) is 0. The molecular weight excluding hydrogens is 601 g/mol. The number of benzene rings is 2. The number of hydrogen-bond acceptors (Lipinski definition) is 4. The number of aromatic nitrogens is 4. The molecule has 2 aromatic carbocycles. The van der Waals surface area contributed by atoms with Gasteiger partial charge < -0.3 is 9.97 Å². The minimum absolute atomic E-state index is 0.899. The van der Waals surface area contributed by atoms with Crippen LogP contribution in [0.2, 0.25) is 0 Å². The number of aromatic amines is 2. The van der Waals surface area contributed by atoms with E-state index in [1.807, 2.05) is 0 Å². The summed E-state index contributed by atoms with van der Waals surface area (Å²) in [7, 11) is 0. The van der Waals surface area contributed by atoms with Crippen molar-refractivity contribution in [1.82, 2.24) is 19.9 Å². The zero-order valence-corrected chi connectivity index (χ0v) is 26.2. The first-order chi connectivity index (χ1) is 22.7. The quantitative estimate of drug-likeness (QED) is 0.204. The van der Waals surface area contributed by atoms with Gasteiger partial charge in [-0.1, -0.05) is 42.5 Å². The molecule has 0 unspecified atom stereocenters. The van der Waals surface area contributed by atoms with Gasteiger partial charge in [0.1, 0.15) is 0 Å². The van der Waals surface area contributed by atoms with E-state index in [0.29, 0.717) is 0 Å². The Morgan fingerprint density at radius 2 is 0.978 bits per heavy atom. The van der Waals surface area contributed by atoms with E-state index in [2.05, 4.69) is 153 Å². The fourth-order valence-electron chi connectivity index (χ4n) is 6.22. The predicted octanol–water partition coefficient (Wildman–Crippen LogP) is 11.4. The number of fused-ring (bicyclic) bond motifs is 8. The molecule has 2 aliphatic heterocycles. The van der Waals surface area contributed by atoms with E-state index in [0.717, 1.165) is 67.1 Å². The fourth-order valence-corrected chi connectivity index (χ4v) is 7.55. The molecule has 7 heterocycles. The first-order valence-corrected chi connectivity index (χ1v) is 17.0. The molecule has 4 nitrogen and oxygen atoms in total. The van der Waals surface area contributed by atoms with Gasteiger partial charge >= 0.3 is 0 Å². The molecule has 0 atom stereocenters. The predicted molar refractivity (Wildman–Crippen MR) is 196 cm³/mol. The Kier molecular flexibility index (Phi) is 6.47. The topological polar surface area (TPSA) is 57.4 Å². The third-order valence-electron chi connectivity index (χ3n) is 8.43. The van der Waals surface area contributed by atoms with Crippen molar-refractivity contribution < 1.29 is 0 Å². The second-order valence-corrected chi connectivity index (χ2v) is 12.9. The number of hydrogen-bond donors (Lipinski definition) is 2. The summed E-state index contributed by atoms with van der Waals surface area (Å²) in [4.78, 5) is 17.6. The van der Waals surface area contributed by atoms with Crippen LogP contribution in [0.15, 0.2) is 119 Å². The summed E-state index contributed by atoms with van der Waals surface area (Å²) in [5.41, 5.74) is 16.8. The van der Waals surface area contributed by atoms with Gasteiger partial charge in [-0.15, -0.1) is 0 Å². The smallest absolute Gasteiger partial charge is 0.0736 e. The maximum Gasteiger partial charge on any atom is 0.0736 e. The minimum atomic E-state index is 0.899. The van der Waals surface area contributed by atoms with Crippen LogP contribution >= 0.6 is 22.7 Å². The number of nitrogens with one attached hydrogen (secondary N) is 2. The Hall–Kier alpha value is -5.56. The first-order valence-electron chi connectivity index (χ1n) is 15.1. The molecule has 0 spiro atoms. The molecule has 7 aromatic rings. The summed E-state index contributed by atoms with van der Waals surface area (Å²) < 4.78 is 0. The second kappa shape index (κ2) is 11.1. The van der Waals surface area contributed by atoms with Crippen LogP contribution in [0, 0.1) is 0 Å². The molecule has 46 heavy (non-hydrogen) atoms. The van der Waals surface area contributed by atoms with E-state index in [1.165, 1.54) is 22.3 Å². The highest BCUT2D eigenvalue weighted by Crippen LogP contribution is 2.35. The maximum atomic E-state index is 5.12. The molecule has 0 aliphatic carbocycles. The van der Waals surface area contributed by atoms with E-state index in [-0.39, 0.29) is 0 Å². The Morgan fingerprint density at radius 3 is 1.57 bits per heavy atom. The van der Waals surface area contributed by atoms with Crippen molar-refractivity contribution in [3.8, 4) is 44.5 Å². The molecule has 2 N–H and O–H groups in total. The molecule has 218 valence electrons. The Morgan fingerprint density at radius 1 is 0.435 bits per heavy atom. The number of thiophene rings is 2. The summed E-state index contributed by atoms with van der Waals surface area (Å²) >= 11 is 3.43. The van der Waals surface area contributed by atoms with Crippen LogP contribution in [0.3, 0.4) is 0 Å². The van der Waals surface area contributed by atoms with Gasteiger partial charge in [0, 0.05) is 33.2 Å². The van der Waals surface area contributed by atoms with Crippen molar-refractivity contribution in [2.24, 2.45) is 0 Å². The van der Waals surface area contributed by atoms with Gasteiger partial charge in [-0.2, -0.15) is 22.7 Å². The highest BCUT2D eigenvalue weighted by Gasteiger charge is 2.14. The van der Waals surface area contributed by atoms with Crippen LogP contribution in [0.25, 0.3) is 90.9 Å². The molecular formula is C40H26N4S2. The van der Waals surface area contributed by atoms with Crippen molar-refractivity contribution in [3.05, 3.63) is 141 Å². The fraction of sp³-hybridized carbons (Fsp3) is 0. The highest BCUT2D eigenvalue weighted by atomic mass is 32.1. The van der Waals surface area contributed by atoms with Crippen LogP contribution < -0.4 is 0 Å². The minimum Gasteiger partial charge on any atom is -0.355 e. The van der Waals surface area contributed by atoms with Crippen LogP contribution in [-0.4, -0.2) is 19.9 Å². The zero-order chi connectivity index (χ0) is 30.5. The summed E-state index contributed by atoms with van der Waals surface area (Å²) in [6.45, 7) is 0. The van der Waals surface area contributed by atoms with Crippen molar-refractivity contribution in [1.29, 1.82) is 0 Å². The Balaban J connectivity index is 1.26. The lowest BCUT2D eigenvalue weighted by molar-refractivity contribution is 1.31. The van der Waals surface area contributed by atoms with E-state index >= 15 is 0 Å². The number of nitrogens with zero attached hydrogens (tertiary/aromatic N) is 2. The van der Waals surface area contributed by atoms with Crippen molar-refractivity contribution in [2.45, 2.75) is 0 Å². The molecule has 0 saturated heterocycles. The van der Waals surface area contributed by atoms with E-state index in [4.69, 9.17) is 9.97 Å². The second-order valence-electron chi connectivity index (χ2n) is 11.4. The average molecular weight is 627 g/mol. The van der Waals surface area contributed by atoms with Crippen molar-refractivity contribution in [2.75, 3.05) is 0 Å². The standard InChI is InChI=1S/C40H26N4S2/c1-2-27(30-17-19-46-24-30)20-28(3-1)40-37-14-10-33(43-37)21-31-8-12-35(41-31)39(26-6-4-25(5-7-26)29-16-18-45-23-29)36-13-9-32(42-36)22-34-11-15-38(40)44-34/h1-24,41,44H. The largest absolute Gasteiger partial charge is 0.355 e. The van der Waals surface area contributed by atoms with Gasteiger partial charge in [-0.25, -0.2) is 9.97 Å². The van der Waals surface area contributed by atoms with E-state index in [9.17, 15) is 0 Å². The lowest BCUT2D eigenvalue weighted by Crippen LogP contribution is -1.87. The lowest BCUT2D eigenvalue weighted by Gasteiger charge is -2.06. The number of H-pyrrole nitrogens is 2. The van der Waals surface area contributed by atoms with Crippen LogP contribution in [0.5, 0.6) is 0 Å². The monoisotopic (exact) mass is 626 g/mol. The van der Waals surface area contributed by atoms with Gasteiger partial charge in [0.2, 0.25) is 0 Å². The van der Waals surface area contributed by atoms with Gasteiger partial charge in [0.25, 0.3) is 0 Å². The molecule has 0 radical (unpaired) electrons. The first kappa shape index (κ1) is 26.8. The van der Waals surface area contributed by atoms with E-state index < -0.39 is 0 Å². The summed E-state index contributed by atoms with van der Waals surface area (Å²) in [5, 5.41) is 8.60. The molecule has 0 amide bonds. The van der Waals surface area contributed by atoms with Crippen LogP contribution in [0.1, 0.15) is 22.8 Å². The lowest BCUT2D eigenvalue weighted by atomic mass is 9.99. The molecule has 0 saturated carbocycles. The molecule has 6 heteroatoms.